The maximum atomic E-state index is 13.4. The minimum Gasteiger partial charge on any atom is -0.480 e. The highest BCUT2D eigenvalue weighted by Gasteiger charge is 2.41. The van der Waals surface area contributed by atoms with Gasteiger partial charge in [-0.2, -0.15) is 0 Å². The van der Waals surface area contributed by atoms with Gasteiger partial charge in [0.25, 0.3) is 5.91 Å². The Labute approximate surface area is 121 Å². The Hall–Kier alpha value is -1.56. The first-order valence-corrected chi connectivity index (χ1v) is 7.43. The first kappa shape index (κ1) is 14.8. The number of carbonyl (C=O) groups is 2. The number of hydrogen-bond donors (Lipinski definition) is 1. The van der Waals surface area contributed by atoms with Gasteiger partial charge in [0.15, 0.2) is 0 Å². The highest BCUT2D eigenvalue weighted by atomic mass is 32.2. The lowest BCUT2D eigenvalue weighted by Crippen LogP contribution is -2.45. The molecular weight excluding hydrogens is 281 g/mol. The third-order valence-corrected chi connectivity index (χ3v) is 4.70. The maximum absolute atomic E-state index is 13.4. The van der Waals surface area contributed by atoms with Crippen molar-refractivity contribution in [1.82, 2.24) is 4.90 Å². The number of halogens is 1. The molecule has 20 heavy (non-hydrogen) atoms. The number of aryl methyl sites for hydroxylation is 1. The Balaban J connectivity index is 2.35. The van der Waals surface area contributed by atoms with E-state index in [2.05, 4.69) is 0 Å². The summed E-state index contributed by atoms with van der Waals surface area (Å²) in [6.45, 7) is 3.60. The van der Waals surface area contributed by atoms with E-state index in [0.29, 0.717) is 17.7 Å². The topological polar surface area (TPSA) is 57.6 Å². The fourth-order valence-corrected chi connectivity index (χ4v) is 3.70. The molecule has 0 spiro atoms. The number of nitrogens with zero attached hydrogens (tertiary/aromatic N) is 1. The van der Waals surface area contributed by atoms with Gasteiger partial charge in [-0.25, -0.2) is 9.18 Å². The molecule has 1 amide bonds. The van der Waals surface area contributed by atoms with Crippen molar-refractivity contribution in [2.24, 2.45) is 0 Å². The van der Waals surface area contributed by atoms with E-state index in [0.717, 1.165) is 6.07 Å². The molecular formula is C14H16FNO3S. The van der Waals surface area contributed by atoms with Gasteiger partial charge in [-0.1, -0.05) is 6.92 Å². The van der Waals surface area contributed by atoms with E-state index in [1.807, 2.05) is 6.92 Å². The third-order valence-electron chi connectivity index (χ3n) is 3.25. The molecule has 2 unspecified atom stereocenters. The number of carbonyl (C=O) groups excluding carboxylic acids is 1. The lowest BCUT2D eigenvalue weighted by atomic mass is 10.1. The van der Waals surface area contributed by atoms with Crippen LogP contribution in [-0.2, 0) is 4.79 Å². The molecule has 2 atom stereocenters. The molecule has 0 aliphatic carbocycles. The monoisotopic (exact) mass is 297 g/mol. The van der Waals surface area contributed by atoms with Gasteiger partial charge < -0.3 is 10.0 Å². The van der Waals surface area contributed by atoms with Gasteiger partial charge in [-0.15, -0.1) is 11.8 Å². The van der Waals surface area contributed by atoms with Crippen molar-refractivity contribution in [2.75, 3.05) is 5.75 Å². The second-order valence-corrected chi connectivity index (χ2v) is 5.99. The molecule has 1 fully saturated rings. The van der Waals surface area contributed by atoms with Gasteiger partial charge in [0.05, 0.1) is 5.37 Å². The van der Waals surface area contributed by atoms with E-state index in [9.17, 15) is 19.1 Å². The van der Waals surface area contributed by atoms with Crippen LogP contribution >= 0.6 is 11.8 Å². The van der Waals surface area contributed by atoms with Gasteiger partial charge in [-0.05, 0) is 37.1 Å². The van der Waals surface area contributed by atoms with Crippen LogP contribution in [0, 0.1) is 12.7 Å². The summed E-state index contributed by atoms with van der Waals surface area (Å²) in [7, 11) is 0. The zero-order valence-corrected chi connectivity index (χ0v) is 12.1. The van der Waals surface area contributed by atoms with E-state index in [1.54, 1.807) is 13.0 Å². The summed E-state index contributed by atoms with van der Waals surface area (Å²) in [6.07, 6.45) is 0.661. The predicted molar refractivity (Wildman–Crippen MR) is 75.3 cm³/mol. The van der Waals surface area contributed by atoms with Crippen LogP contribution in [-0.4, -0.2) is 39.1 Å². The Morgan fingerprint density at radius 3 is 2.70 bits per heavy atom. The molecule has 1 aliphatic heterocycles. The van der Waals surface area contributed by atoms with E-state index in [1.165, 1.54) is 22.7 Å². The number of aliphatic carboxylic acids is 1. The Morgan fingerprint density at radius 2 is 2.15 bits per heavy atom. The van der Waals surface area contributed by atoms with E-state index in [-0.39, 0.29) is 10.9 Å². The van der Waals surface area contributed by atoms with Gasteiger partial charge in [0.1, 0.15) is 11.9 Å². The SMILES string of the molecule is CCC1SCC(C(=O)O)N1C(=O)c1cc(C)cc(F)c1. The van der Waals surface area contributed by atoms with E-state index in [4.69, 9.17) is 0 Å². The average Bonchev–Trinajstić information content (AvgIpc) is 2.80. The van der Waals surface area contributed by atoms with Crippen molar-refractivity contribution in [3.63, 3.8) is 0 Å². The second-order valence-electron chi connectivity index (χ2n) is 4.78. The normalized spacial score (nSPS) is 22.1. The number of thioether (sulfide) groups is 1. The number of benzene rings is 1. The molecule has 0 saturated carbocycles. The summed E-state index contributed by atoms with van der Waals surface area (Å²) >= 11 is 1.45. The number of carboxylic acid groups (broad SMARTS) is 1. The van der Waals surface area contributed by atoms with Gasteiger partial charge in [-0.3, -0.25) is 4.79 Å². The van der Waals surface area contributed by atoms with Gasteiger partial charge in [0, 0.05) is 11.3 Å². The number of amides is 1. The molecule has 0 aromatic heterocycles. The second kappa shape index (κ2) is 5.83. The minimum atomic E-state index is -1.02. The Morgan fingerprint density at radius 1 is 1.45 bits per heavy atom. The molecule has 1 aliphatic rings. The molecule has 1 saturated heterocycles. The fourth-order valence-electron chi connectivity index (χ4n) is 2.35. The van der Waals surface area contributed by atoms with E-state index >= 15 is 0 Å². The van der Waals surface area contributed by atoms with Crippen molar-refractivity contribution in [3.05, 3.63) is 35.1 Å². The third kappa shape index (κ3) is 2.80. The molecule has 0 bridgehead atoms. The quantitative estimate of drug-likeness (QED) is 0.931. The van der Waals surface area contributed by atoms with Gasteiger partial charge >= 0.3 is 5.97 Å². The van der Waals surface area contributed by atoms with Crippen LogP contribution < -0.4 is 0 Å². The summed E-state index contributed by atoms with van der Waals surface area (Å²) in [4.78, 5) is 25.1. The van der Waals surface area contributed by atoms with Crippen LogP contribution in [0.3, 0.4) is 0 Å². The minimum absolute atomic E-state index is 0.174. The number of rotatable bonds is 3. The number of hydrogen-bond acceptors (Lipinski definition) is 3. The highest BCUT2D eigenvalue weighted by Crippen LogP contribution is 2.32. The molecule has 108 valence electrons. The van der Waals surface area contributed by atoms with Crippen molar-refractivity contribution in [3.8, 4) is 0 Å². The smallest absolute Gasteiger partial charge is 0.327 e. The molecule has 1 heterocycles. The molecule has 1 aromatic carbocycles. The summed E-state index contributed by atoms with van der Waals surface area (Å²) in [5, 5.41) is 9.05. The van der Waals surface area contributed by atoms with Crippen molar-refractivity contribution in [2.45, 2.75) is 31.7 Å². The molecule has 6 heteroatoms. The lowest BCUT2D eigenvalue weighted by molar-refractivity contribution is -0.141. The van der Waals surface area contributed by atoms with Gasteiger partial charge in [0.2, 0.25) is 0 Å². The fraction of sp³-hybridized carbons (Fsp3) is 0.429. The molecule has 1 aromatic rings. The molecule has 4 nitrogen and oxygen atoms in total. The van der Waals surface area contributed by atoms with E-state index < -0.39 is 23.7 Å². The predicted octanol–water partition coefficient (Wildman–Crippen LogP) is 2.51. The highest BCUT2D eigenvalue weighted by molar-refractivity contribution is 8.00. The zero-order chi connectivity index (χ0) is 14.9. The zero-order valence-electron chi connectivity index (χ0n) is 11.3. The van der Waals surface area contributed by atoms with Crippen LogP contribution in [0.1, 0.15) is 29.3 Å². The van der Waals surface area contributed by atoms with Crippen molar-refractivity contribution < 1.29 is 19.1 Å². The standard InChI is InChI=1S/C14H16FNO3S/c1-3-12-16(11(7-20-12)14(18)19)13(17)9-4-8(2)5-10(15)6-9/h4-6,11-12H,3,7H2,1-2H3,(H,18,19). The molecule has 1 N–H and O–H groups in total. The first-order chi connectivity index (χ1) is 9.43. The number of carboxylic acids is 1. The van der Waals surface area contributed by atoms with Crippen LogP contribution in [0.4, 0.5) is 4.39 Å². The largest absolute Gasteiger partial charge is 0.480 e. The van der Waals surface area contributed by atoms with Crippen LogP contribution in [0.15, 0.2) is 18.2 Å². The summed E-state index contributed by atoms with van der Waals surface area (Å²) in [5.74, 6) is -1.56. The summed E-state index contributed by atoms with van der Waals surface area (Å²) < 4.78 is 13.4. The molecule has 2 rings (SSSR count). The maximum Gasteiger partial charge on any atom is 0.327 e. The Kier molecular flexibility index (Phi) is 4.32. The molecule has 0 radical (unpaired) electrons. The van der Waals surface area contributed by atoms with Crippen LogP contribution in [0.25, 0.3) is 0 Å². The first-order valence-electron chi connectivity index (χ1n) is 6.38. The van der Waals surface area contributed by atoms with Crippen LogP contribution in [0.2, 0.25) is 0 Å². The van der Waals surface area contributed by atoms with Crippen molar-refractivity contribution >= 4 is 23.6 Å². The average molecular weight is 297 g/mol. The Bertz CT molecular complexity index is 529. The van der Waals surface area contributed by atoms with Crippen molar-refractivity contribution in [1.29, 1.82) is 0 Å². The summed E-state index contributed by atoms with van der Waals surface area (Å²) in [5.41, 5.74) is 0.842. The van der Waals surface area contributed by atoms with Crippen LogP contribution in [0.5, 0.6) is 0 Å². The summed E-state index contributed by atoms with van der Waals surface area (Å²) in [6, 6.07) is 3.23. The lowest BCUT2D eigenvalue weighted by Gasteiger charge is -2.26.